The molecule has 0 amide bonds. The van der Waals surface area contributed by atoms with Crippen molar-refractivity contribution in [3.8, 4) is 34.5 Å². The summed E-state index contributed by atoms with van der Waals surface area (Å²) in [6, 6.07) is 13.4. The molecule has 0 N–H and O–H groups in total. The molecule has 1 aliphatic rings. The predicted octanol–water partition coefficient (Wildman–Crippen LogP) is 4.90. The molecule has 0 aliphatic carbocycles. The molecule has 0 spiro atoms. The summed E-state index contributed by atoms with van der Waals surface area (Å²) in [4.78, 5) is 21.2. The molecule has 8 heteroatoms. The highest BCUT2D eigenvalue weighted by molar-refractivity contribution is 7.99. The number of thioether (sulfide) groups is 1. The molecule has 3 aromatic rings. The van der Waals surface area contributed by atoms with E-state index in [-0.39, 0.29) is 11.7 Å². The Balaban J connectivity index is 1.74. The number of nitrogens with zero attached hydrogens (tertiary/aromatic N) is 2. The molecule has 0 unspecified atom stereocenters. The fourth-order valence-corrected chi connectivity index (χ4v) is 4.21. The summed E-state index contributed by atoms with van der Waals surface area (Å²) in [7, 11) is 1.37. The highest BCUT2D eigenvalue weighted by atomic mass is 32.2. The van der Waals surface area contributed by atoms with Gasteiger partial charge in [0.1, 0.15) is 10.8 Å². The van der Waals surface area contributed by atoms with Crippen LogP contribution >= 0.6 is 11.8 Å². The Kier molecular flexibility index (Phi) is 6.80. The van der Waals surface area contributed by atoms with Crippen LogP contribution in [0.5, 0.6) is 23.1 Å². The fraction of sp³-hybridized carbons (Fsp3) is 0.292. The standard InChI is InChI=1S/C24H24N2O5S/c1-4-29-17-11-9-15(10-12-17)22-25-23-18(24(26-22)32-14-20(27)28-3)13-16-7-6-8-19(30-5-2)21(16)31-23/h6-12H,4-5,13-14H2,1-3H3. The molecule has 2 aromatic carbocycles. The molecule has 166 valence electrons. The Labute approximate surface area is 191 Å². The third-order valence-electron chi connectivity index (χ3n) is 4.84. The second kappa shape index (κ2) is 9.91. The number of aromatic nitrogens is 2. The van der Waals surface area contributed by atoms with Gasteiger partial charge in [0.05, 0.1) is 31.6 Å². The first kappa shape index (κ1) is 22.0. The third-order valence-corrected chi connectivity index (χ3v) is 5.83. The molecule has 1 aliphatic heterocycles. The largest absolute Gasteiger partial charge is 0.494 e. The first-order valence-corrected chi connectivity index (χ1v) is 11.4. The summed E-state index contributed by atoms with van der Waals surface area (Å²) in [5.74, 6) is 2.94. The molecule has 0 saturated heterocycles. The van der Waals surface area contributed by atoms with Gasteiger partial charge in [-0.1, -0.05) is 23.9 Å². The number of benzene rings is 2. The topological polar surface area (TPSA) is 79.8 Å². The first-order valence-electron chi connectivity index (χ1n) is 10.4. The minimum Gasteiger partial charge on any atom is -0.494 e. The maximum Gasteiger partial charge on any atom is 0.316 e. The van der Waals surface area contributed by atoms with Crippen molar-refractivity contribution < 1.29 is 23.7 Å². The van der Waals surface area contributed by atoms with Crippen molar-refractivity contribution >= 4 is 17.7 Å². The van der Waals surface area contributed by atoms with E-state index in [0.29, 0.717) is 47.9 Å². The Morgan fingerprint density at radius 2 is 1.84 bits per heavy atom. The smallest absolute Gasteiger partial charge is 0.316 e. The first-order chi connectivity index (χ1) is 15.6. The summed E-state index contributed by atoms with van der Waals surface area (Å²) in [5, 5.41) is 0.691. The van der Waals surface area contributed by atoms with E-state index < -0.39 is 0 Å². The van der Waals surface area contributed by atoms with E-state index in [2.05, 4.69) is 0 Å². The van der Waals surface area contributed by atoms with Gasteiger partial charge in [-0.25, -0.2) is 4.98 Å². The zero-order chi connectivity index (χ0) is 22.5. The van der Waals surface area contributed by atoms with Crippen molar-refractivity contribution in [3.63, 3.8) is 0 Å². The van der Waals surface area contributed by atoms with Crippen LogP contribution in [0.15, 0.2) is 47.5 Å². The average Bonchev–Trinajstić information content (AvgIpc) is 2.82. The Bertz CT molecular complexity index is 1120. The number of rotatable bonds is 8. The van der Waals surface area contributed by atoms with Crippen LogP contribution in [0.1, 0.15) is 25.0 Å². The molecule has 32 heavy (non-hydrogen) atoms. The monoisotopic (exact) mass is 452 g/mol. The van der Waals surface area contributed by atoms with Gasteiger partial charge in [0.15, 0.2) is 17.3 Å². The minimum absolute atomic E-state index is 0.147. The highest BCUT2D eigenvalue weighted by Crippen LogP contribution is 2.44. The van der Waals surface area contributed by atoms with Gasteiger partial charge in [-0.05, 0) is 44.2 Å². The van der Waals surface area contributed by atoms with Crippen LogP contribution in [-0.4, -0.2) is 42.0 Å². The van der Waals surface area contributed by atoms with E-state index in [0.717, 1.165) is 22.4 Å². The van der Waals surface area contributed by atoms with Gasteiger partial charge in [-0.2, -0.15) is 4.98 Å². The van der Waals surface area contributed by atoms with Crippen LogP contribution in [0.2, 0.25) is 0 Å². The van der Waals surface area contributed by atoms with E-state index in [4.69, 9.17) is 28.9 Å². The molecule has 1 aromatic heterocycles. The summed E-state index contributed by atoms with van der Waals surface area (Å²) in [6.07, 6.45) is 0.582. The SMILES string of the molecule is CCOc1ccc(-c2nc3c(c(SCC(=O)OC)n2)Cc2cccc(OCC)c2O3)cc1. The van der Waals surface area contributed by atoms with Gasteiger partial charge in [0.2, 0.25) is 5.88 Å². The number of esters is 1. The Hall–Kier alpha value is -3.26. The van der Waals surface area contributed by atoms with Crippen molar-refractivity contribution in [1.29, 1.82) is 0 Å². The lowest BCUT2D eigenvalue weighted by molar-refractivity contribution is -0.137. The number of methoxy groups -OCH3 is 1. The lowest BCUT2D eigenvalue weighted by atomic mass is 10.0. The lowest BCUT2D eigenvalue weighted by Crippen LogP contribution is -2.11. The second-order valence-electron chi connectivity index (χ2n) is 6.91. The van der Waals surface area contributed by atoms with Crippen LogP contribution in [-0.2, 0) is 16.0 Å². The average molecular weight is 453 g/mol. The van der Waals surface area contributed by atoms with Crippen LogP contribution in [0.25, 0.3) is 11.4 Å². The summed E-state index contributed by atoms with van der Waals surface area (Å²) < 4.78 is 22.3. The van der Waals surface area contributed by atoms with E-state index >= 15 is 0 Å². The molecule has 7 nitrogen and oxygen atoms in total. The highest BCUT2D eigenvalue weighted by Gasteiger charge is 2.27. The van der Waals surface area contributed by atoms with Gasteiger partial charge in [-0.15, -0.1) is 0 Å². The summed E-state index contributed by atoms with van der Waals surface area (Å²) in [6.45, 7) is 5.01. The maximum absolute atomic E-state index is 11.8. The van der Waals surface area contributed by atoms with Crippen molar-refractivity contribution in [3.05, 3.63) is 53.6 Å². The maximum atomic E-state index is 11.8. The molecule has 2 heterocycles. The number of ether oxygens (including phenoxy) is 4. The zero-order valence-corrected chi connectivity index (χ0v) is 19.0. The lowest BCUT2D eigenvalue weighted by Gasteiger charge is -2.23. The molecular weight excluding hydrogens is 428 g/mol. The Morgan fingerprint density at radius 1 is 1.06 bits per heavy atom. The number of hydrogen-bond donors (Lipinski definition) is 0. The molecule has 0 saturated carbocycles. The number of fused-ring (bicyclic) bond motifs is 2. The van der Waals surface area contributed by atoms with E-state index in [1.807, 2.05) is 56.3 Å². The van der Waals surface area contributed by atoms with Crippen LogP contribution < -0.4 is 14.2 Å². The van der Waals surface area contributed by atoms with Gasteiger partial charge in [0.25, 0.3) is 0 Å². The number of hydrogen-bond acceptors (Lipinski definition) is 8. The van der Waals surface area contributed by atoms with E-state index in [9.17, 15) is 4.79 Å². The van der Waals surface area contributed by atoms with E-state index in [1.165, 1.54) is 18.9 Å². The molecule has 0 fully saturated rings. The zero-order valence-electron chi connectivity index (χ0n) is 18.2. The minimum atomic E-state index is -0.319. The van der Waals surface area contributed by atoms with Crippen LogP contribution in [0.3, 0.4) is 0 Å². The quantitative estimate of drug-likeness (QED) is 0.212. The molecular formula is C24H24N2O5S. The summed E-state index contributed by atoms with van der Waals surface area (Å²) >= 11 is 1.32. The van der Waals surface area contributed by atoms with Crippen molar-refractivity contribution in [2.75, 3.05) is 26.1 Å². The van der Waals surface area contributed by atoms with Gasteiger partial charge >= 0.3 is 5.97 Å². The molecule has 0 atom stereocenters. The van der Waals surface area contributed by atoms with Crippen molar-refractivity contribution in [1.82, 2.24) is 9.97 Å². The summed E-state index contributed by atoms with van der Waals surface area (Å²) in [5.41, 5.74) is 2.65. The Morgan fingerprint density at radius 3 is 2.56 bits per heavy atom. The van der Waals surface area contributed by atoms with Crippen molar-refractivity contribution in [2.24, 2.45) is 0 Å². The molecule has 0 radical (unpaired) electrons. The molecule has 0 bridgehead atoms. The number of para-hydroxylation sites is 1. The fourth-order valence-electron chi connectivity index (χ4n) is 3.35. The molecule has 4 rings (SSSR count). The third kappa shape index (κ3) is 4.65. The van der Waals surface area contributed by atoms with Gasteiger partial charge in [0, 0.05) is 17.5 Å². The van der Waals surface area contributed by atoms with E-state index in [1.54, 1.807) is 0 Å². The van der Waals surface area contributed by atoms with Gasteiger partial charge in [-0.3, -0.25) is 4.79 Å². The van der Waals surface area contributed by atoms with Crippen LogP contribution in [0.4, 0.5) is 0 Å². The van der Waals surface area contributed by atoms with Gasteiger partial charge < -0.3 is 18.9 Å². The van der Waals surface area contributed by atoms with Crippen LogP contribution in [0, 0.1) is 0 Å². The number of carbonyl (C=O) groups excluding carboxylic acids is 1. The second-order valence-corrected chi connectivity index (χ2v) is 7.88. The van der Waals surface area contributed by atoms with Crippen molar-refractivity contribution in [2.45, 2.75) is 25.3 Å². The predicted molar refractivity (Wildman–Crippen MR) is 122 cm³/mol. The number of carbonyl (C=O) groups is 1. The normalized spacial score (nSPS) is 11.7.